The van der Waals surface area contributed by atoms with Crippen molar-refractivity contribution in [3.05, 3.63) is 17.9 Å². The summed E-state index contributed by atoms with van der Waals surface area (Å²) < 4.78 is 19.2. The Kier molecular flexibility index (Phi) is 4.88. The zero-order chi connectivity index (χ0) is 15.4. The minimum Gasteiger partial charge on any atom is -0.490 e. The normalized spacial score (nSPS) is 16.0. The van der Waals surface area contributed by atoms with E-state index in [2.05, 4.69) is 0 Å². The van der Waals surface area contributed by atoms with E-state index < -0.39 is 5.82 Å². The standard InChI is InChI=1S/C15H22FN3O2/c1-3-7-21-14-9-13(12(17)8-11(14)16)19-6-4-5-18(2)15(20)10-19/h8-9H,3-7,10,17H2,1-2H3. The molecule has 1 fully saturated rings. The van der Waals surface area contributed by atoms with Gasteiger partial charge < -0.3 is 20.3 Å². The molecule has 1 amide bonds. The van der Waals surface area contributed by atoms with Crippen LogP contribution in [0.1, 0.15) is 19.8 Å². The third kappa shape index (κ3) is 3.56. The number of rotatable bonds is 4. The average molecular weight is 295 g/mol. The molecule has 1 saturated heterocycles. The second-order valence-corrected chi connectivity index (χ2v) is 5.28. The van der Waals surface area contributed by atoms with Crippen LogP contribution in [0.3, 0.4) is 0 Å². The highest BCUT2D eigenvalue weighted by molar-refractivity contribution is 5.83. The summed E-state index contributed by atoms with van der Waals surface area (Å²) in [5.41, 5.74) is 6.90. The Labute approximate surface area is 124 Å². The van der Waals surface area contributed by atoms with Gasteiger partial charge in [0.15, 0.2) is 11.6 Å². The van der Waals surface area contributed by atoms with Gasteiger partial charge in [0.05, 0.1) is 24.5 Å². The highest BCUT2D eigenvalue weighted by Gasteiger charge is 2.22. The smallest absolute Gasteiger partial charge is 0.241 e. The Morgan fingerprint density at radius 2 is 2.14 bits per heavy atom. The number of hydrogen-bond donors (Lipinski definition) is 1. The fourth-order valence-electron chi connectivity index (χ4n) is 2.35. The van der Waals surface area contributed by atoms with Crippen molar-refractivity contribution in [2.45, 2.75) is 19.8 Å². The van der Waals surface area contributed by atoms with Gasteiger partial charge in [-0.25, -0.2) is 4.39 Å². The molecule has 0 radical (unpaired) electrons. The second kappa shape index (κ2) is 6.65. The van der Waals surface area contributed by atoms with Crippen LogP contribution in [0, 0.1) is 5.82 Å². The Bertz CT molecular complexity index is 522. The highest BCUT2D eigenvalue weighted by Crippen LogP contribution is 2.31. The predicted molar refractivity (Wildman–Crippen MR) is 81.1 cm³/mol. The zero-order valence-electron chi connectivity index (χ0n) is 12.6. The van der Waals surface area contributed by atoms with Crippen LogP contribution in [-0.4, -0.2) is 44.1 Å². The van der Waals surface area contributed by atoms with Gasteiger partial charge in [-0.1, -0.05) is 6.92 Å². The third-order valence-electron chi connectivity index (χ3n) is 3.56. The molecule has 0 atom stereocenters. The maximum Gasteiger partial charge on any atom is 0.241 e. The molecule has 0 aliphatic carbocycles. The summed E-state index contributed by atoms with van der Waals surface area (Å²) in [6, 6.07) is 2.86. The van der Waals surface area contributed by atoms with Gasteiger partial charge in [-0.15, -0.1) is 0 Å². The van der Waals surface area contributed by atoms with E-state index in [0.717, 1.165) is 19.4 Å². The lowest BCUT2D eigenvalue weighted by Gasteiger charge is -2.24. The zero-order valence-corrected chi connectivity index (χ0v) is 12.6. The van der Waals surface area contributed by atoms with Gasteiger partial charge in [0.1, 0.15) is 0 Å². The Morgan fingerprint density at radius 1 is 1.38 bits per heavy atom. The van der Waals surface area contributed by atoms with Crippen molar-refractivity contribution in [3.8, 4) is 5.75 Å². The molecule has 0 saturated carbocycles. The summed E-state index contributed by atoms with van der Waals surface area (Å²) in [4.78, 5) is 15.6. The van der Waals surface area contributed by atoms with Gasteiger partial charge >= 0.3 is 0 Å². The number of amides is 1. The van der Waals surface area contributed by atoms with E-state index in [1.54, 1.807) is 18.0 Å². The second-order valence-electron chi connectivity index (χ2n) is 5.28. The summed E-state index contributed by atoms with van der Waals surface area (Å²) in [5, 5.41) is 0. The molecule has 5 nitrogen and oxygen atoms in total. The van der Waals surface area contributed by atoms with Crippen molar-refractivity contribution in [2.75, 3.05) is 43.9 Å². The Hall–Kier alpha value is -1.98. The predicted octanol–water partition coefficient (Wildman–Crippen LogP) is 1.87. The highest BCUT2D eigenvalue weighted by atomic mass is 19.1. The van der Waals surface area contributed by atoms with Gasteiger partial charge in [0.2, 0.25) is 5.91 Å². The Morgan fingerprint density at radius 3 is 2.86 bits per heavy atom. The van der Waals surface area contributed by atoms with E-state index in [4.69, 9.17) is 10.5 Å². The number of halogens is 1. The van der Waals surface area contributed by atoms with Gasteiger partial charge in [-0.2, -0.15) is 0 Å². The van der Waals surface area contributed by atoms with Crippen molar-refractivity contribution >= 4 is 17.3 Å². The molecule has 21 heavy (non-hydrogen) atoms. The summed E-state index contributed by atoms with van der Waals surface area (Å²) in [6.07, 6.45) is 1.65. The van der Waals surface area contributed by atoms with E-state index >= 15 is 0 Å². The number of nitrogens with zero attached hydrogens (tertiary/aromatic N) is 2. The molecule has 1 aliphatic heterocycles. The molecular formula is C15H22FN3O2. The largest absolute Gasteiger partial charge is 0.490 e. The number of carbonyl (C=O) groups excluding carboxylic acids is 1. The number of benzene rings is 1. The molecule has 1 aromatic carbocycles. The summed E-state index contributed by atoms with van der Waals surface area (Å²) in [7, 11) is 1.79. The lowest BCUT2D eigenvalue weighted by atomic mass is 10.2. The van der Waals surface area contributed by atoms with Crippen molar-refractivity contribution in [1.82, 2.24) is 4.90 Å². The minimum atomic E-state index is -0.469. The van der Waals surface area contributed by atoms with Crippen LogP contribution in [0.5, 0.6) is 5.75 Å². The Balaban J connectivity index is 2.27. The fraction of sp³-hybridized carbons (Fsp3) is 0.533. The van der Waals surface area contributed by atoms with E-state index in [1.807, 2.05) is 11.8 Å². The van der Waals surface area contributed by atoms with Crippen LogP contribution in [0.15, 0.2) is 12.1 Å². The van der Waals surface area contributed by atoms with Crippen LogP contribution in [0.2, 0.25) is 0 Å². The first kappa shape index (κ1) is 15.4. The molecule has 2 rings (SSSR count). The number of hydrogen-bond acceptors (Lipinski definition) is 4. The first-order valence-electron chi connectivity index (χ1n) is 7.23. The van der Waals surface area contributed by atoms with Crippen LogP contribution in [-0.2, 0) is 4.79 Å². The maximum atomic E-state index is 13.8. The molecule has 2 N–H and O–H groups in total. The van der Waals surface area contributed by atoms with Crippen LogP contribution < -0.4 is 15.4 Å². The molecule has 116 valence electrons. The average Bonchev–Trinajstić information content (AvgIpc) is 2.60. The number of ether oxygens (including phenoxy) is 1. The monoisotopic (exact) mass is 295 g/mol. The van der Waals surface area contributed by atoms with E-state index in [-0.39, 0.29) is 18.2 Å². The summed E-state index contributed by atoms with van der Waals surface area (Å²) in [5.74, 6) is -0.249. The van der Waals surface area contributed by atoms with Crippen molar-refractivity contribution in [3.63, 3.8) is 0 Å². The van der Waals surface area contributed by atoms with Crippen molar-refractivity contribution in [2.24, 2.45) is 0 Å². The SMILES string of the molecule is CCCOc1cc(N2CCCN(C)C(=O)C2)c(N)cc1F. The van der Waals surface area contributed by atoms with Gasteiger partial charge in [0.25, 0.3) is 0 Å². The quantitative estimate of drug-likeness (QED) is 0.862. The topological polar surface area (TPSA) is 58.8 Å². The number of nitrogens with two attached hydrogens (primary N) is 1. The summed E-state index contributed by atoms with van der Waals surface area (Å²) >= 11 is 0. The van der Waals surface area contributed by atoms with Crippen LogP contribution >= 0.6 is 0 Å². The molecule has 0 aromatic heterocycles. The van der Waals surface area contributed by atoms with E-state index in [9.17, 15) is 9.18 Å². The molecule has 1 heterocycles. The number of anilines is 2. The molecule has 0 spiro atoms. The van der Waals surface area contributed by atoms with Crippen LogP contribution in [0.4, 0.5) is 15.8 Å². The lowest BCUT2D eigenvalue weighted by Crippen LogP contribution is -2.34. The third-order valence-corrected chi connectivity index (χ3v) is 3.56. The molecule has 1 aromatic rings. The lowest BCUT2D eigenvalue weighted by molar-refractivity contribution is -0.127. The minimum absolute atomic E-state index is 0.0345. The molecule has 0 unspecified atom stereocenters. The molecule has 6 heteroatoms. The van der Waals surface area contributed by atoms with E-state index in [1.165, 1.54) is 6.07 Å². The number of likely N-dealkylation sites (N-methyl/N-ethyl adjacent to an activating group) is 1. The van der Waals surface area contributed by atoms with Gasteiger partial charge in [-0.05, 0) is 12.8 Å². The fourth-order valence-corrected chi connectivity index (χ4v) is 2.35. The number of nitrogen functional groups attached to an aromatic ring is 1. The van der Waals surface area contributed by atoms with Crippen molar-refractivity contribution in [1.29, 1.82) is 0 Å². The van der Waals surface area contributed by atoms with Crippen LogP contribution in [0.25, 0.3) is 0 Å². The first-order chi connectivity index (χ1) is 10.0. The maximum absolute atomic E-state index is 13.8. The first-order valence-corrected chi connectivity index (χ1v) is 7.23. The van der Waals surface area contributed by atoms with E-state index in [0.29, 0.717) is 24.5 Å². The molecule has 1 aliphatic rings. The molecule has 0 bridgehead atoms. The summed E-state index contributed by atoms with van der Waals surface area (Å²) in [6.45, 7) is 4.08. The van der Waals surface area contributed by atoms with Gasteiger partial charge in [-0.3, -0.25) is 4.79 Å². The van der Waals surface area contributed by atoms with Gasteiger partial charge in [0, 0.05) is 32.3 Å². The van der Waals surface area contributed by atoms with Crippen molar-refractivity contribution < 1.29 is 13.9 Å². The molecular weight excluding hydrogens is 273 g/mol. The number of carbonyl (C=O) groups is 1.